The van der Waals surface area contributed by atoms with Gasteiger partial charge in [0.15, 0.2) is 5.82 Å². The number of anilines is 1. The van der Waals surface area contributed by atoms with Gasteiger partial charge in [0.25, 0.3) is 0 Å². The first-order valence-corrected chi connectivity index (χ1v) is 10.7. The Morgan fingerprint density at radius 3 is 2.43 bits per heavy atom. The van der Waals surface area contributed by atoms with E-state index in [9.17, 15) is 17.4 Å². The minimum atomic E-state index is -4.65. The van der Waals surface area contributed by atoms with Crippen molar-refractivity contribution in [2.75, 3.05) is 31.2 Å². The maximum Gasteiger partial charge on any atom is 0.433 e. The van der Waals surface area contributed by atoms with E-state index in [1.54, 1.807) is 29.6 Å². The fraction of sp³-hybridized carbons (Fsp3) is 0.250. The van der Waals surface area contributed by atoms with Crippen LogP contribution in [0.15, 0.2) is 47.8 Å². The maximum atomic E-state index is 13.4. The van der Waals surface area contributed by atoms with E-state index < -0.39 is 11.9 Å². The van der Waals surface area contributed by atoms with Crippen LogP contribution in [-0.4, -0.2) is 45.3 Å². The molecular weight excluding hydrogens is 435 g/mol. The van der Waals surface area contributed by atoms with E-state index in [0.717, 1.165) is 24.8 Å². The number of hydrogen-bond donors (Lipinski definition) is 0. The molecule has 2 aromatic heterocycles. The highest BCUT2D eigenvalue weighted by Crippen LogP contribution is 2.32. The molecule has 0 atom stereocenters. The van der Waals surface area contributed by atoms with Crippen LogP contribution in [0, 0.1) is 0 Å². The third kappa shape index (κ3) is 4.45. The Morgan fingerprint density at radius 1 is 1.10 bits per heavy atom. The fourth-order valence-corrected chi connectivity index (χ4v) is 4.19. The Kier molecular flexibility index (Phi) is 5.98. The summed E-state index contributed by atoms with van der Waals surface area (Å²) in [4.78, 5) is 10.7. The van der Waals surface area contributed by atoms with Crippen LogP contribution >= 0.6 is 11.3 Å². The summed E-state index contributed by atoms with van der Waals surface area (Å²) in [6.07, 6.45) is -4.65. The third-order valence-electron chi connectivity index (χ3n) is 4.58. The zero-order chi connectivity index (χ0) is 21.1. The molecule has 1 saturated heterocycles. The molecule has 0 N–H and O–H groups in total. The van der Waals surface area contributed by atoms with Crippen LogP contribution in [0.25, 0.3) is 10.6 Å². The summed E-state index contributed by atoms with van der Waals surface area (Å²) in [5.74, 6) is -0.229. The molecule has 10 heteroatoms. The lowest BCUT2D eigenvalue weighted by Crippen LogP contribution is -2.36. The van der Waals surface area contributed by atoms with Crippen molar-refractivity contribution < 1.29 is 22.1 Å². The number of nitrogens with zero attached hydrogens (tertiary/aromatic N) is 3. The second-order valence-electron chi connectivity index (χ2n) is 6.50. The molecule has 1 aromatic carbocycles. The maximum absolute atomic E-state index is 13.4. The van der Waals surface area contributed by atoms with Gasteiger partial charge in [0.05, 0.1) is 23.8 Å². The number of benzene rings is 1. The van der Waals surface area contributed by atoms with Gasteiger partial charge in [0.2, 0.25) is 0 Å². The molecular formula is C20H16F3N3O2S2. The van der Waals surface area contributed by atoms with Gasteiger partial charge in [0, 0.05) is 18.8 Å². The summed E-state index contributed by atoms with van der Waals surface area (Å²) in [5, 5.41) is 1.75. The molecule has 0 radical (unpaired) electrons. The number of hydrogen-bond acceptors (Lipinski definition) is 6. The number of aromatic nitrogens is 2. The lowest BCUT2D eigenvalue weighted by atomic mass is 10.1. The monoisotopic (exact) mass is 451 g/mol. The first-order valence-electron chi connectivity index (χ1n) is 9.06. The van der Waals surface area contributed by atoms with Crippen molar-refractivity contribution in [1.29, 1.82) is 0 Å². The van der Waals surface area contributed by atoms with Gasteiger partial charge in [-0.15, -0.1) is 11.3 Å². The molecule has 4 rings (SSSR count). The zero-order valence-electron chi connectivity index (χ0n) is 15.6. The molecule has 30 heavy (non-hydrogen) atoms. The number of alkyl halides is 3. The Hall–Kier alpha value is -2.56. The quantitative estimate of drug-likeness (QED) is 0.446. The highest BCUT2D eigenvalue weighted by Gasteiger charge is 2.34. The van der Waals surface area contributed by atoms with Crippen molar-refractivity contribution in [3.05, 3.63) is 64.9 Å². The van der Waals surface area contributed by atoms with Crippen LogP contribution in [0.1, 0.15) is 17.1 Å². The summed E-state index contributed by atoms with van der Waals surface area (Å²) in [6.45, 7) is 2.79. The lowest BCUT2D eigenvalue weighted by Gasteiger charge is -2.28. The topological polar surface area (TPSA) is 55.3 Å². The van der Waals surface area contributed by atoms with E-state index in [0.29, 0.717) is 23.7 Å². The number of thiophene rings is 1. The molecule has 1 aliphatic heterocycles. The van der Waals surface area contributed by atoms with Crippen molar-refractivity contribution in [2.45, 2.75) is 6.18 Å². The molecule has 5 nitrogen and oxygen atoms in total. The average molecular weight is 451 g/mol. The van der Waals surface area contributed by atoms with Gasteiger partial charge >= 0.3 is 6.18 Å². The van der Waals surface area contributed by atoms with Crippen LogP contribution < -0.4 is 4.90 Å². The van der Waals surface area contributed by atoms with E-state index in [-0.39, 0.29) is 27.6 Å². The average Bonchev–Trinajstić information content (AvgIpc) is 3.30. The molecule has 1 aliphatic rings. The molecule has 0 unspecified atom stereocenters. The van der Waals surface area contributed by atoms with Crippen LogP contribution in [-0.2, 0) is 22.2 Å². The number of halogens is 3. The fourth-order valence-electron chi connectivity index (χ4n) is 3.10. The molecule has 3 heterocycles. The molecule has 0 saturated carbocycles. The van der Waals surface area contributed by atoms with E-state index in [1.165, 1.54) is 11.3 Å². The highest BCUT2D eigenvalue weighted by atomic mass is 32.1. The Morgan fingerprint density at radius 2 is 1.83 bits per heavy atom. The SMILES string of the molecule is O=S=C(c1ccc(N2CCOCC2)cc1)c1nc(-c2cccs2)cc(C(F)(F)F)n1. The summed E-state index contributed by atoms with van der Waals surface area (Å²) >= 11 is 1.36. The number of ether oxygens (including phenoxy) is 1. The minimum Gasteiger partial charge on any atom is -0.378 e. The summed E-state index contributed by atoms with van der Waals surface area (Å²) in [5.41, 5.74) is 0.496. The second kappa shape index (κ2) is 8.66. The smallest absolute Gasteiger partial charge is 0.378 e. The van der Waals surface area contributed by atoms with Crippen LogP contribution in [0.5, 0.6) is 0 Å². The summed E-state index contributed by atoms with van der Waals surface area (Å²) < 4.78 is 57.5. The van der Waals surface area contributed by atoms with Gasteiger partial charge < -0.3 is 9.64 Å². The Bertz CT molecular complexity index is 1070. The van der Waals surface area contributed by atoms with Gasteiger partial charge in [-0.2, -0.15) is 13.2 Å². The van der Waals surface area contributed by atoms with Crippen LogP contribution in [0.3, 0.4) is 0 Å². The Balaban J connectivity index is 1.72. The normalized spacial score (nSPS) is 14.6. The van der Waals surface area contributed by atoms with E-state index in [4.69, 9.17) is 4.74 Å². The highest BCUT2D eigenvalue weighted by molar-refractivity contribution is 7.67. The molecule has 0 spiro atoms. The molecule has 156 valence electrons. The largest absolute Gasteiger partial charge is 0.433 e. The predicted octanol–water partition coefficient (Wildman–Crippen LogP) is 3.84. The van der Waals surface area contributed by atoms with E-state index in [2.05, 4.69) is 14.9 Å². The number of rotatable bonds is 4. The van der Waals surface area contributed by atoms with Crippen molar-refractivity contribution in [2.24, 2.45) is 0 Å². The second-order valence-corrected chi connectivity index (χ2v) is 8.02. The minimum absolute atomic E-state index is 0.0485. The summed E-state index contributed by atoms with van der Waals surface area (Å²) in [6, 6.07) is 11.4. The molecule has 0 amide bonds. The van der Waals surface area contributed by atoms with Gasteiger partial charge in [-0.1, -0.05) is 18.2 Å². The lowest BCUT2D eigenvalue weighted by molar-refractivity contribution is -0.141. The standard InChI is InChI=1S/C20H16F3N3O2S2/c21-20(22,23)17-12-15(16-2-1-11-29-16)24-19(25-17)18(30-27)13-3-5-14(6-4-13)26-7-9-28-10-8-26/h1-6,11-12H,7-10H2. The Labute approximate surface area is 178 Å². The van der Waals surface area contributed by atoms with Crippen LogP contribution in [0.2, 0.25) is 0 Å². The van der Waals surface area contributed by atoms with Gasteiger partial charge in [0.1, 0.15) is 21.8 Å². The first kappa shape index (κ1) is 20.7. The van der Waals surface area contributed by atoms with Crippen molar-refractivity contribution in [3.63, 3.8) is 0 Å². The molecule has 3 aromatic rings. The van der Waals surface area contributed by atoms with Crippen molar-refractivity contribution in [1.82, 2.24) is 9.97 Å². The van der Waals surface area contributed by atoms with Gasteiger partial charge in [-0.25, -0.2) is 14.2 Å². The summed E-state index contributed by atoms with van der Waals surface area (Å²) in [7, 11) is 0. The van der Waals surface area contributed by atoms with Crippen molar-refractivity contribution in [3.8, 4) is 10.6 Å². The van der Waals surface area contributed by atoms with E-state index >= 15 is 0 Å². The molecule has 0 aliphatic carbocycles. The van der Waals surface area contributed by atoms with Gasteiger partial charge in [-0.3, -0.25) is 0 Å². The zero-order valence-corrected chi connectivity index (χ0v) is 17.2. The number of morpholine rings is 1. The first-order chi connectivity index (χ1) is 14.5. The van der Waals surface area contributed by atoms with Crippen molar-refractivity contribution >= 4 is 33.1 Å². The predicted molar refractivity (Wildman–Crippen MR) is 111 cm³/mol. The third-order valence-corrected chi connectivity index (χ3v) is 6.06. The molecule has 0 bridgehead atoms. The molecule has 1 fully saturated rings. The van der Waals surface area contributed by atoms with E-state index in [1.807, 2.05) is 12.1 Å². The van der Waals surface area contributed by atoms with Gasteiger partial charge in [-0.05, 0) is 35.2 Å². The van der Waals surface area contributed by atoms with Crippen LogP contribution in [0.4, 0.5) is 18.9 Å².